The molecule has 1 aliphatic rings. The highest BCUT2D eigenvalue weighted by atomic mass is 15.3. The minimum atomic E-state index is 0.344. The Balaban J connectivity index is 1.86. The molecule has 0 amide bonds. The van der Waals surface area contributed by atoms with E-state index in [-0.39, 0.29) is 0 Å². The molecule has 0 saturated heterocycles. The summed E-state index contributed by atoms with van der Waals surface area (Å²) >= 11 is 0. The zero-order valence-electron chi connectivity index (χ0n) is 11.5. The minimum Gasteiger partial charge on any atom is -0.271 e. The second kappa shape index (κ2) is 5.31. The van der Waals surface area contributed by atoms with Crippen LogP contribution in [0.15, 0.2) is 24.3 Å². The van der Waals surface area contributed by atoms with Gasteiger partial charge in [0, 0.05) is 24.4 Å². The number of nitrogens with zero attached hydrogens (tertiary/aromatic N) is 2. The van der Waals surface area contributed by atoms with Crippen LogP contribution in [0.5, 0.6) is 0 Å². The molecule has 1 saturated carbocycles. The molecule has 3 rings (SSSR count). The third kappa shape index (κ3) is 2.65. The molecule has 0 spiro atoms. The van der Waals surface area contributed by atoms with Crippen molar-refractivity contribution in [2.24, 2.45) is 11.8 Å². The lowest BCUT2D eigenvalue weighted by Crippen LogP contribution is -2.37. The van der Waals surface area contributed by atoms with Crippen LogP contribution in [0.2, 0.25) is 0 Å². The number of fused-ring (bicyclic) bond motifs is 1. The van der Waals surface area contributed by atoms with Crippen molar-refractivity contribution < 1.29 is 0 Å². The second-order valence-electron chi connectivity index (χ2n) is 5.53. The average Bonchev–Trinajstić information content (AvgIpc) is 3.19. The van der Waals surface area contributed by atoms with Crippen LogP contribution in [-0.2, 0) is 13.0 Å². The van der Waals surface area contributed by atoms with Crippen molar-refractivity contribution in [2.75, 3.05) is 0 Å². The van der Waals surface area contributed by atoms with E-state index in [0.29, 0.717) is 6.04 Å². The fourth-order valence-corrected chi connectivity index (χ4v) is 2.79. The number of hydrogen-bond acceptors (Lipinski definition) is 3. The molecule has 19 heavy (non-hydrogen) atoms. The normalized spacial score (nSPS) is 16.9. The van der Waals surface area contributed by atoms with Gasteiger partial charge in [-0.3, -0.25) is 16.0 Å². The lowest BCUT2D eigenvalue weighted by Gasteiger charge is -2.14. The van der Waals surface area contributed by atoms with Gasteiger partial charge in [-0.2, -0.15) is 5.10 Å². The molecule has 102 valence electrons. The summed E-state index contributed by atoms with van der Waals surface area (Å²) in [6.07, 6.45) is 4.81. The molecule has 1 fully saturated rings. The van der Waals surface area contributed by atoms with Gasteiger partial charge in [0.15, 0.2) is 0 Å². The highest BCUT2D eigenvalue weighted by Crippen LogP contribution is 2.34. The monoisotopic (exact) mass is 258 g/mol. The molecule has 4 nitrogen and oxygen atoms in total. The van der Waals surface area contributed by atoms with Crippen LogP contribution in [0.25, 0.3) is 10.9 Å². The zero-order chi connectivity index (χ0) is 13.2. The number of nitrogens with one attached hydrogen (secondary N) is 1. The van der Waals surface area contributed by atoms with E-state index >= 15 is 0 Å². The summed E-state index contributed by atoms with van der Waals surface area (Å²) in [5.74, 6) is 6.57. The fourth-order valence-electron chi connectivity index (χ4n) is 2.79. The number of rotatable bonds is 6. The van der Waals surface area contributed by atoms with Crippen molar-refractivity contribution in [1.29, 1.82) is 0 Å². The van der Waals surface area contributed by atoms with E-state index in [1.54, 1.807) is 0 Å². The Morgan fingerprint density at radius 2 is 2.21 bits per heavy atom. The molecule has 1 aromatic carbocycles. The van der Waals surface area contributed by atoms with Crippen molar-refractivity contribution >= 4 is 10.9 Å². The van der Waals surface area contributed by atoms with Gasteiger partial charge in [0.2, 0.25) is 0 Å². The van der Waals surface area contributed by atoms with Gasteiger partial charge < -0.3 is 0 Å². The van der Waals surface area contributed by atoms with Gasteiger partial charge in [0.25, 0.3) is 0 Å². The summed E-state index contributed by atoms with van der Waals surface area (Å²) in [6, 6.07) is 8.80. The van der Waals surface area contributed by atoms with E-state index in [1.165, 1.54) is 35.9 Å². The van der Waals surface area contributed by atoms with E-state index in [1.807, 2.05) is 0 Å². The van der Waals surface area contributed by atoms with E-state index in [9.17, 15) is 0 Å². The minimum absolute atomic E-state index is 0.344. The maximum Gasteiger partial charge on any atom is 0.0719 e. The molecule has 1 aliphatic carbocycles. The number of hydrogen-bond donors (Lipinski definition) is 2. The van der Waals surface area contributed by atoms with E-state index in [2.05, 4.69) is 41.3 Å². The molecule has 1 heterocycles. The van der Waals surface area contributed by atoms with Gasteiger partial charge in [-0.05, 0) is 25.3 Å². The predicted octanol–water partition coefficient (Wildman–Crippen LogP) is 2.23. The standard InChI is InChI=1S/C15H22N4/c1-2-19-15-6-4-3-5-13(15)14(18-19)10-12(17-16)9-11-7-8-11/h3-6,11-12,17H,2,7-10,16H2,1H3. The number of aromatic nitrogens is 2. The van der Waals surface area contributed by atoms with E-state index in [0.717, 1.165) is 18.9 Å². The first-order chi connectivity index (χ1) is 9.31. The Morgan fingerprint density at radius 3 is 2.89 bits per heavy atom. The van der Waals surface area contributed by atoms with Gasteiger partial charge in [-0.1, -0.05) is 31.0 Å². The van der Waals surface area contributed by atoms with Crippen LogP contribution in [0.4, 0.5) is 0 Å². The summed E-state index contributed by atoms with van der Waals surface area (Å²) in [7, 11) is 0. The van der Waals surface area contributed by atoms with Crippen LogP contribution >= 0.6 is 0 Å². The molecule has 0 bridgehead atoms. The summed E-state index contributed by atoms with van der Waals surface area (Å²) in [5, 5.41) is 6.01. The first-order valence-corrected chi connectivity index (χ1v) is 7.22. The van der Waals surface area contributed by atoms with Crippen LogP contribution in [0.3, 0.4) is 0 Å². The van der Waals surface area contributed by atoms with Gasteiger partial charge in [-0.25, -0.2) is 0 Å². The summed E-state index contributed by atoms with van der Waals surface area (Å²) < 4.78 is 2.08. The third-order valence-corrected chi connectivity index (χ3v) is 4.02. The molecule has 1 unspecified atom stereocenters. The van der Waals surface area contributed by atoms with Crippen LogP contribution < -0.4 is 11.3 Å². The van der Waals surface area contributed by atoms with Crippen LogP contribution in [0.1, 0.15) is 31.9 Å². The molecule has 1 atom stereocenters. The number of para-hydroxylation sites is 1. The Hall–Kier alpha value is -1.39. The van der Waals surface area contributed by atoms with Crippen molar-refractivity contribution in [3.05, 3.63) is 30.0 Å². The van der Waals surface area contributed by atoms with Gasteiger partial charge in [-0.15, -0.1) is 0 Å². The molecule has 2 aromatic rings. The predicted molar refractivity (Wildman–Crippen MR) is 77.6 cm³/mol. The van der Waals surface area contributed by atoms with Crippen LogP contribution in [-0.4, -0.2) is 15.8 Å². The van der Waals surface area contributed by atoms with Crippen LogP contribution in [0, 0.1) is 5.92 Å². The highest BCUT2D eigenvalue weighted by molar-refractivity contribution is 5.82. The maximum absolute atomic E-state index is 5.70. The molecule has 0 radical (unpaired) electrons. The Morgan fingerprint density at radius 1 is 1.42 bits per heavy atom. The van der Waals surface area contributed by atoms with Crippen molar-refractivity contribution in [3.8, 4) is 0 Å². The summed E-state index contributed by atoms with van der Waals surface area (Å²) in [6.45, 7) is 3.04. The molecular formula is C15H22N4. The first-order valence-electron chi connectivity index (χ1n) is 7.22. The lowest BCUT2D eigenvalue weighted by molar-refractivity contribution is 0.460. The van der Waals surface area contributed by atoms with E-state index in [4.69, 9.17) is 10.9 Å². The van der Waals surface area contributed by atoms with Gasteiger partial charge in [0.1, 0.15) is 0 Å². The number of hydrazine groups is 1. The number of aryl methyl sites for hydroxylation is 1. The number of nitrogens with two attached hydrogens (primary N) is 1. The van der Waals surface area contributed by atoms with Crippen molar-refractivity contribution in [1.82, 2.24) is 15.2 Å². The first kappa shape index (κ1) is 12.6. The van der Waals surface area contributed by atoms with Crippen molar-refractivity contribution in [3.63, 3.8) is 0 Å². The topological polar surface area (TPSA) is 55.9 Å². The SMILES string of the molecule is CCn1nc(CC(CC2CC2)NN)c2ccccc21. The van der Waals surface area contributed by atoms with Gasteiger partial charge in [0.05, 0.1) is 11.2 Å². The van der Waals surface area contributed by atoms with Gasteiger partial charge >= 0.3 is 0 Å². The second-order valence-corrected chi connectivity index (χ2v) is 5.53. The Kier molecular flexibility index (Phi) is 3.53. The fraction of sp³-hybridized carbons (Fsp3) is 0.533. The number of benzene rings is 1. The smallest absolute Gasteiger partial charge is 0.0719 e. The highest BCUT2D eigenvalue weighted by Gasteiger charge is 2.26. The largest absolute Gasteiger partial charge is 0.271 e. The lowest BCUT2D eigenvalue weighted by atomic mass is 10.0. The van der Waals surface area contributed by atoms with Crippen molar-refractivity contribution in [2.45, 2.75) is 45.2 Å². The molecule has 0 aliphatic heterocycles. The Bertz CT molecular complexity index is 556. The molecule has 4 heteroatoms. The third-order valence-electron chi connectivity index (χ3n) is 4.02. The van der Waals surface area contributed by atoms with E-state index < -0.39 is 0 Å². The maximum atomic E-state index is 5.70. The summed E-state index contributed by atoms with van der Waals surface area (Å²) in [4.78, 5) is 0. The zero-order valence-corrected chi connectivity index (χ0v) is 11.5. The molecule has 1 aromatic heterocycles. The Labute approximate surface area is 113 Å². The summed E-state index contributed by atoms with van der Waals surface area (Å²) in [5.41, 5.74) is 5.36. The average molecular weight is 258 g/mol. The quantitative estimate of drug-likeness (QED) is 0.617. The molecular weight excluding hydrogens is 236 g/mol. The molecule has 3 N–H and O–H groups in total.